The number of carbonyl (C=O) groups is 2. The molecular weight excluding hydrogens is 584 g/mol. The van der Waals surface area contributed by atoms with Crippen molar-refractivity contribution < 1.29 is 22.8 Å². The van der Waals surface area contributed by atoms with E-state index < -0.39 is 17.6 Å². The number of alkyl halides is 3. The smallest absolute Gasteiger partial charge is 0.348 e. The van der Waals surface area contributed by atoms with E-state index in [0.29, 0.717) is 31.2 Å². The Labute approximate surface area is 246 Å². The Morgan fingerprint density at radius 1 is 1.07 bits per heavy atom. The molecule has 2 N–H and O–H groups in total. The molecule has 2 aromatic rings. The van der Waals surface area contributed by atoms with Crippen LogP contribution >= 0.6 is 35.0 Å². The number of piperidine rings is 1. The third-order valence-electron chi connectivity index (χ3n) is 7.28. The predicted octanol–water partition coefficient (Wildman–Crippen LogP) is 5.70. The van der Waals surface area contributed by atoms with Crippen LogP contribution in [0.15, 0.2) is 35.2 Å². The van der Waals surface area contributed by atoms with Crippen LogP contribution < -0.4 is 10.6 Å². The van der Waals surface area contributed by atoms with Crippen molar-refractivity contribution in [3.8, 4) is 0 Å². The lowest BCUT2D eigenvalue weighted by Gasteiger charge is -2.37. The molecule has 2 fully saturated rings. The van der Waals surface area contributed by atoms with Crippen molar-refractivity contribution in [2.75, 3.05) is 45.0 Å². The van der Waals surface area contributed by atoms with Gasteiger partial charge in [-0.05, 0) is 73.1 Å². The van der Waals surface area contributed by atoms with Gasteiger partial charge in [-0.15, -0.1) is 11.8 Å². The van der Waals surface area contributed by atoms with Crippen LogP contribution in [0.25, 0.3) is 0 Å². The Balaban J connectivity index is 1.44. The molecular formula is C28H33Cl2F3N4O2S. The van der Waals surface area contributed by atoms with E-state index in [-0.39, 0.29) is 41.1 Å². The molecule has 2 saturated heterocycles. The van der Waals surface area contributed by atoms with Crippen molar-refractivity contribution in [2.24, 2.45) is 5.92 Å². The zero-order chi connectivity index (χ0) is 28.9. The number of amides is 2. The molecule has 0 radical (unpaired) electrons. The first-order chi connectivity index (χ1) is 19.1. The number of benzene rings is 2. The second-order valence-corrected chi connectivity index (χ2v) is 12.1. The quantitative estimate of drug-likeness (QED) is 0.373. The van der Waals surface area contributed by atoms with Gasteiger partial charge in [-0.1, -0.05) is 30.1 Å². The second-order valence-electron chi connectivity index (χ2n) is 9.98. The number of nitrogens with zero attached hydrogens (tertiary/aromatic N) is 2. The number of halogens is 5. The molecule has 4 rings (SSSR count). The van der Waals surface area contributed by atoms with Crippen molar-refractivity contribution in [3.05, 3.63) is 62.6 Å². The van der Waals surface area contributed by atoms with Crippen LogP contribution in [0.4, 0.5) is 13.2 Å². The maximum atomic E-state index is 14.1. The number of hydrogen-bond donors (Lipinski definition) is 2. The van der Waals surface area contributed by atoms with Crippen molar-refractivity contribution in [1.82, 2.24) is 20.4 Å². The van der Waals surface area contributed by atoms with Crippen LogP contribution in [0.2, 0.25) is 10.0 Å². The summed E-state index contributed by atoms with van der Waals surface area (Å²) in [4.78, 5) is 30.4. The zero-order valence-corrected chi connectivity index (χ0v) is 24.6. The Morgan fingerprint density at radius 3 is 2.42 bits per heavy atom. The average Bonchev–Trinajstić information content (AvgIpc) is 2.94. The number of nitrogens with one attached hydrogen (secondary N) is 2. The molecule has 2 aromatic carbocycles. The molecule has 6 nitrogen and oxygen atoms in total. The fourth-order valence-electron chi connectivity index (χ4n) is 5.12. The summed E-state index contributed by atoms with van der Waals surface area (Å²) in [6.07, 6.45) is -3.08. The number of hydrogen-bond acceptors (Lipinski definition) is 5. The summed E-state index contributed by atoms with van der Waals surface area (Å²) in [5.74, 6) is 0.298. The van der Waals surface area contributed by atoms with Crippen molar-refractivity contribution >= 4 is 46.8 Å². The van der Waals surface area contributed by atoms with E-state index in [0.717, 1.165) is 48.2 Å². The molecule has 0 unspecified atom stereocenters. The highest BCUT2D eigenvalue weighted by molar-refractivity contribution is 7.99. The fraction of sp³-hybridized carbons (Fsp3) is 0.500. The zero-order valence-electron chi connectivity index (χ0n) is 22.3. The standard InChI is InChI=1S/C28H33Cl2F3N4O2S/c1-2-40-25-4-3-21(29)13-20(25)16-35-26(38)19-14-23(28(31,32)33)22(24(30)15-19)17-36-9-11-37(12-10-36)27(39)18-5-7-34-8-6-18/h3-4,13-15,18,34H,2,5-12,16-17H2,1H3,(H,35,38). The normalized spacial score (nSPS) is 17.2. The Hall–Kier alpha value is -1.98. The molecule has 2 heterocycles. The molecule has 0 bridgehead atoms. The number of thioether (sulfide) groups is 1. The lowest BCUT2D eigenvalue weighted by Crippen LogP contribution is -2.51. The monoisotopic (exact) mass is 616 g/mol. The minimum Gasteiger partial charge on any atom is -0.348 e. The van der Waals surface area contributed by atoms with Gasteiger partial charge in [0, 0.05) is 65.7 Å². The minimum atomic E-state index is -4.69. The van der Waals surface area contributed by atoms with Gasteiger partial charge >= 0.3 is 6.18 Å². The molecule has 2 aliphatic rings. The summed E-state index contributed by atoms with van der Waals surface area (Å²) >= 11 is 14.1. The molecule has 0 atom stereocenters. The summed E-state index contributed by atoms with van der Waals surface area (Å²) in [7, 11) is 0. The number of carbonyl (C=O) groups excluding carboxylic acids is 2. The summed E-state index contributed by atoms with van der Waals surface area (Å²) in [6.45, 7) is 5.56. The Kier molecular flexibility index (Phi) is 10.7. The van der Waals surface area contributed by atoms with E-state index in [9.17, 15) is 22.8 Å². The molecule has 0 aliphatic carbocycles. The largest absolute Gasteiger partial charge is 0.416 e. The maximum absolute atomic E-state index is 14.1. The van der Waals surface area contributed by atoms with Crippen LogP contribution in [0.3, 0.4) is 0 Å². The molecule has 2 aliphatic heterocycles. The molecule has 2 amide bonds. The third kappa shape index (κ3) is 7.85. The van der Waals surface area contributed by atoms with Gasteiger partial charge in [0.2, 0.25) is 5.91 Å². The van der Waals surface area contributed by atoms with E-state index in [1.54, 1.807) is 23.9 Å². The van der Waals surface area contributed by atoms with E-state index in [1.807, 2.05) is 22.8 Å². The molecule has 0 spiro atoms. The van der Waals surface area contributed by atoms with Gasteiger partial charge in [-0.3, -0.25) is 14.5 Å². The molecule has 0 saturated carbocycles. The van der Waals surface area contributed by atoms with Gasteiger partial charge in [-0.25, -0.2) is 0 Å². The first kappa shape index (κ1) is 31.0. The highest BCUT2D eigenvalue weighted by atomic mass is 35.5. The lowest BCUT2D eigenvalue weighted by atomic mass is 9.96. The van der Waals surface area contributed by atoms with Crippen LogP contribution in [-0.4, -0.2) is 66.6 Å². The van der Waals surface area contributed by atoms with Crippen molar-refractivity contribution in [1.29, 1.82) is 0 Å². The van der Waals surface area contributed by atoms with Gasteiger partial charge in [0.1, 0.15) is 0 Å². The van der Waals surface area contributed by atoms with Crippen LogP contribution in [0, 0.1) is 5.92 Å². The SMILES string of the molecule is CCSc1ccc(Cl)cc1CNC(=O)c1cc(Cl)c(CN2CCN(C(=O)C3CCNCC3)CC2)c(C(F)(F)F)c1. The summed E-state index contributed by atoms with van der Waals surface area (Å²) < 4.78 is 42.4. The summed E-state index contributed by atoms with van der Waals surface area (Å²) in [5, 5.41) is 6.35. The predicted molar refractivity (Wildman–Crippen MR) is 153 cm³/mol. The fourth-order valence-corrected chi connectivity index (χ4v) is 6.38. The molecule has 218 valence electrons. The maximum Gasteiger partial charge on any atom is 0.416 e. The molecule has 0 aromatic heterocycles. The van der Waals surface area contributed by atoms with Crippen molar-refractivity contribution in [2.45, 2.75) is 43.9 Å². The summed E-state index contributed by atoms with van der Waals surface area (Å²) in [5.41, 5.74) is -0.377. The second kappa shape index (κ2) is 13.8. The van der Waals surface area contributed by atoms with E-state index in [4.69, 9.17) is 23.2 Å². The van der Waals surface area contributed by atoms with Gasteiger partial charge in [0.15, 0.2) is 0 Å². The summed E-state index contributed by atoms with van der Waals surface area (Å²) in [6, 6.07) is 7.50. The van der Waals surface area contributed by atoms with Crippen molar-refractivity contribution in [3.63, 3.8) is 0 Å². The van der Waals surface area contributed by atoms with Gasteiger partial charge < -0.3 is 15.5 Å². The number of piperazine rings is 1. The third-order valence-corrected chi connectivity index (χ3v) is 8.85. The average molecular weight is 618 g/mol. The van der Waals surface area contributed by atoms with Crippen LogP contribution in [0.1, 0.15) is 46.8 Å². The van der Waals surface area contributed by atoms with Gasteiger partial charge in [0.05, 0.1) is 5.56 Å². The minimum absolute atomic E-state index is 0.00799. The number of rotatable bonds is 8. The van der Waals surface area contributed by atoms with Crippen LogP contribution in [0.5, 0.6) is 0 Å². The lowest BCUT2D eigenvalue weighted by molar-refractivity contribution is -0.138. The molecule has 40 heavy (non-hydrogen) atoms. The Morgan fingerprint density at radius 2 is 1.77 bits per heavy atom. The van der Waals surface area contributed by atoms with Crippen LogP contribution in [-0.2, 0) is 24.1 Å². The highest BCUT2D eigenvalue weighted by Crippen LogP contribution is 2.37. The van der Waals surface area contributed by atoms with Gasteiger partial charge in [0.25, 0.3) is 5.91 Å². The topological polar surface area (TPSA) is 64.7 Å². The van der Waals surface area contributed by atoms with Gasteiger partial charge in [-0.2, -0.15) is 13.2 Å². The van der Waals surface area contributed by atoms with E-state index in [1.165, 1.54) is 6.07 Å². The first-order valence-corrected chi connectivity index (χ1v) is 15.1. The first-order valence-electron chi connectivity index (χ1n) is 13.4. The van der Waals surface area contributed by atoms with E-state index >= 15 is 0 Å². The molecule has 12 heteroatoms. The Bertz CT molecular complexity index is 1220. The van der Waals surface area contributed by atoms with E-state index in [2.05, 4.69) is 10.6 Å². The highest BCUT2D eigenvalue weighted by Gasteiger charge is 2.36.